The maximum atomic E-state index is 12.1. The van der Waals surface area contributed by atoms with Gasteiger partial charge in [0.1, 0.15) is 5.75 Å². The minimum Gasteiger partial charge on any atom is -0.485 e. The van der Waals surface area contributed by atoms with E-state index in [4.69, 9.17) is 16.3 Å². The zero-order chi connectivity index (χ0) is 11.4. The van der Waals surface area contributed by atoms with Crippen molar-refractivity contribution in [3.05, 3.63) is 41.0 Å². The quantitative estimate of drug-likeness (QED) is 0.827. The van der Waals surface area contributed by atoms with E-state index < -0.39 is 6.67 Å². The van der Waals surface area contributed by atoms with Crippen molar-refractivity contribution < 1.29 is 13.7 Å². The van der Waals surface area contributed by atoms with Crippen molar-refractivity contribution in [2.75, 3.05) is 0 Å². The number of rotatable bonds is 4. The van der Waals surface area contributed by atoms with Crippen molar-refractivity contribution in [3.8, 4) is 5.75 Å². The van der Waals surface area contributed by atoms with Gasteiger partial charge in [0, 0.05) is 5.02 Å². The molecule has 0 spiro atoms. The van der Waals surface area contributed by atoms with Crippen LogP contribution in [-0.4, -0.2) is 10.1 Å². The van der Waals surface area contributed by atoms with E-state index in [2.05, 4.69) is 14.7 Å². The maximum absolute atomic E-state index is 12.1. The van der Waals surface area contributed by atoms with Crippen molar-refractivity contribution in [2.45, 2.75) is 13.3 Å². The third-order valence-corrected chi connectivity index (χ3v) is 2.06. The fraction of sp³-hybridized carbons (Fsp3) is 0.200. The van der Waals surface area contributed by atoms with Crippen LogP contribution in [0.5, 0.6) is 5.75 Å². The zero-order valence-electron chi connectivity index (χ0n) is 8.19. The summed E-state index contributed by atoms with van der Waals surface area (Å²) in [7, 11) is 0. The molecule has 0 atom stereocenters. The molecule has 84 valence electrons. The predicted octanol–water partition coefficient (Wildman–Crippen LogP) is 2.77. The standard InChI is InChI=1S/C10H8ClFN2O2/c11-7-1-3-8(4-2-7)15-6-9-13-10(5-12)16-14-9/h1-4H,5-6H2. The summed E-state index contributed by atoms with van der Waals surface area (Å²) in [6.45, 7) is -0.640. The van der Waals surface area contributed by atoms with Gasteiger partial charge in [-0.15, -0.1) is 0 Å². The third-order valence-electron chi connectivity index (χ3n) is 1.81. The molecule has 1 aromatic heterocycles. The number of hydrogen-bond acceptors (Lipinski definition) is 4. The van der Waals surface area contributed by atoms with Gasteiger partial charge in [0.2, 0.25) is 5.82 Å². The average Bonchev–Trinajstić information content (AvgIpc) is 2.76. The summed E-state index contributed by atoms with van der Waals surface area (Å²) in [6.07, 6.45) is 0. The molecule has 2 aromatic rings. The summed E-state index contributed by atoms with van der Waals surface area (Å²) in [4.78, 5) is 3.76. The van der Waals surface area contributed by atoms with E-state index in [1.807, 2.05) is 0 Å². The fourth-order valence-electron chi connectivity index (χ4n) is 1.08. The van der Waals surface area contributed by atoms with E-state index in [1.54, 1.807) is 24.3 Å². The molecule has 0 bridgehead atoms. The summed E-state index contributed by atoms with van der Waals surface area (Å²) in [5, 5.41) is 4.17. The second-order valence-corrected chi connectivity index (χ2v) is 3.42. The van der Waals surface area contributed by atoms with Crippen LogP contribution in [0, 0.1) is 0 Å². The second kappa shape index (κ2) is 4.94. The van der Waals surface area contributed by atoms with Gasteiger partial charge in [-0.05, 0) is 24.3 Å². The van der Waals surface area contributed by atoms with Crippen LogP contribution >= 0.6 is 11.6 Å². The van der Waals surface area contributed by atoms with E-state index in [0.717, 1.165) is 0 Å². The van der Waals surface area contributed by atoms with Gasteiger partial charge >= 0.3 is 0 Å². The van der Waals surface area contributed by atoms with Crippen LogP contribution in [0.1, 0.15) is 11.7 Å². The summed E-state index contributed by atoms with van der Waals surface area (Å²) in [5.74, 6) is 0.897. The average molecular weight is 243 g/mol. The Balaban J connectivity index is 1.94. The first kappa shape index (κ1) is 10.9. The highest BCUT2D eigenvalue weighted by Crippen LogP contribution is 2.16. The first-order valence-electron chi connectivity index (χ1n) is 4.54. The maximum Gasteiger partial charge on any atom is 0.258 e. The molecule has 4 nitrogen and oxygen atoms in total. The first-order valence-corrected chi connectivity index (χ1v) is 4.91. The van der Waals surface area contributed by atoms with Crippen LogP contribution in [-0.2, 0) is 13.3 Å². The predicted molar refractivity (Wildman–Crippen MR) is 54.9 cm³/mol. The molecule has 0 saturated carbocycles. The Labute approximate surface area is 96.0 Å². The monoisotopic (exact) mass is 242 g/mol. The van der Waals surface area contributed by atoms with Gasteiger partial charge in [0.05, 0.1) is 0 Å². The molecule has 0 radical (unpaired) electrons. The first-order chi connectivity index (χ1) is 7.78. The topological polar surface area (TPSA) is 48.2 Å². The third kappa shape index (κ3) is 2.70. The Morgan fingerprint density at radius 2 is 2.06 bits per heavy atom. The highest BCUT2D eigenvalue weighted by atomic mass is 35.5. The number of benzene rings is 1. The molecule has 0 fully saturated rings. The number of aromatic nitrogens is 2. The van der Waals surface area contributed by atoms with E-state index in [0.29, 0.717) is 16.6 Å². The van der Waals surface area contributed by atoms with Gasteiger partial charge in [-0.3, -0.25) is 0 Å². The Morgan fingerprint density at radius 1 is 1.31 bits per heavy atom. The van der Waals surface area contributed by atoms with Crippen molar-refractivity contribution in [1.29, 1.82) is 0 Å². The van der Waals surface area contributed by atoms with Crippen LogP contribution < -0.4 is 4.74 Å². The van der Waals surface area contributed by atoms with E-state index >= 15 is 0 Å². The summed E-state index contributed by atoms with van der Waals surface area (Å²) < 4.78 is 22.0. The number of nitrogens with zero attached hydrogens (tertiary/aromatic N) is 2. The lowest BCUT2D eigenvalue weighted by molar-refractivity contribution is 0.281. The Kier molecular flexibility index (Phi) is 3.36. The van der Waals surface area contributed by atoms with Crippen LogP contribution in [0.4, 0.5) is 4.39 Å². The van der Waals surface area contributed by atoms with Gasteiger partial charge in [0.25, 0.3) is 5.89 Å². The smallest absolute Gasteiger partial charge is 0.258 e. The molecule has 16 heavy (non-hydrogen) atoms. The number of halogens is 2. The molecule has 6 heteroatoms. The highest BCUT2D eigenvalue weighted by Gasteiger charge is 2.05. The minimum absolute atomic E-state index is 0.0466. The van der Waals surface area contributed by atoms with Crippen molar-refractivity contribution in [1.82, 2.24) is 10.1 Å². The highest BCUT2D eigenvalue weighted by molar-refractivity contribution is 6.30. The molecular weight excluding hydrogens is 235 g/mol. The molecule has 1 aromatic carbocycles. The van der Waals surface area contributed by atoms with E-state index in [9.17, 15) is 4.39 Å². The second-order valence-electron chi connectivity index (χ2n) is 2.98. The van der Waals surface area contributed by atoms with E-state index in [-0.39, 0.29) is 12.5 Å². The lowest BCUT2D eigenvalue weighted by atomic mass is 10.3. The lowest BCUT2D eigenvalue weighted by Crippen LogP contribution is -1.97. The van der Waals surface area contributed by atoms with Gasteiger partial charge in [-0.25, -0.2) is 4.39 Å². The Hall–Kier alpha value is -1.62. The Morgan fingerprint density at radius 3 is 2.69 bits per heavy atom. The zero-order valence-corrected chi connectivity index (χ0v) is 8.95. The molecule has 0 aliphatic carbocycles. The van der Waals surface area contributed by atoms with Gasteiger partial charge in [-0.1, -0.05) is 16.8 Å². The molecule has 0 saturated heterocycles. The van der Waals surface area contributed by atoms with Gasteiger partial charge in [0.15, 0.2) is 13.3 Å². The van der Waals surface area contributed by atoms with Gasteiger partial charge < -0.3 is 9.26 Å². The van der Waals surface area contributed by atoms with Crippen LogP contribution in [0.2, 0.25) is 5.02 Å². The molecule has 1 heterocycles. The summed E-state index contributed by atoms with van der Waals surface area (Å²) in [5.41, 5.74) is 0. The van der Waals surface area contributed by atoms with Crippen LogP contribution in [0.15, 0.2) is 28.8 Å². The molecule has 0 aliphatic heterocycles. The largest absolute Gasteiger partial charge is 0.485 e. The summed E-state index contributed by atoms with van der Waals surface area (Å²) >= 11 is 5.71. The van der Waals surface area contributed by atoms with Crippen LogP contribution in [0.3, 0.4) is 0 Å². The lowest BCUT2D eigenvalue weighted by Gasteiger charge is -2.02. The van der Waals surface area contributed by atoms with Crippen LogP contribution in [0.25, 0.3) is 0 Å². The van der Waals surface area contributed by atoms with Crippen molar-refractivity contribution >= 4 is 11.6 Å². The minimum atomic E-state index is -0.770. The molecule has 0 amide bonds. The normalized spacial score (nSPS) is 10.4. The molecular formula is C10H8ClFN2O2. The number of hydrogen-bond donors (Lipinski definition) is 0. The molecule has 0 N–H and O–H groups in total. The SMILES string of the molecule is FCc1nc(COc2ccc(Cl)cc2)no1. The molecule has 2 rings (SSSR count). The number of alkyl halides is 1. The fourth-order valence-corrected chi connectivity index (χ4v) is 1.21. The Bertz CT molecular complexity index is 458. The van der Waals surface area contributed by atoms with Crippen molar-refractivity contribution in [2.24, 2.45) is 0 Å². The molecule has 0 aliphatic rings. The van der Waals surface area contributed by atoms with E-state index in [1.165, 1.54) is 0 Å². The summed E-state index contributed by atoms with van der Waals surface area (Å²) in [6, 6.07) is 6.86. The van der Waals surface area contributed by atoms with Gasteiger partial charge in [-0.2, -0.15) is 4.98 Å². The molecule has 0 unspecified atom stereocenters. The number of ether oxygens (including phenoxy) is 1. The van der Waals surface area contributed by atoms with Crippen molar-refractivity contribution in [3.63, 3.8) is 0 Å².